The molecule has 3 atom stereocenters. The Hall–Kier alpha value is -3.35. The lowest BCUT2D eigenvalue weighted by Crippen LogP contribution is -2.45. The average Bonchev–Trinajstić information content (AvgIpc) is 3.49. The number of benzene rings is 2. The highest BCUT2D eigenvalue weighted by atomic mass is 16.5. The number of likely N-dealkylation sites (tertiary alicyclic amines) is 1. The summed E-state index contributed by atoms with van der Waals surface area (Å²) in [4.78, 5) is 38.7. The van der Waals surface area contributed by atoms with E-state index in [0.717, 1.165) is 17.5 Å². The van der Waals surface area contributed by atoms with Crippen LogP contribution in [0, 0.1) is 23.2 Å². The first-order chi connectivity index (χ1) is 16.8. The second kappa shape index (κ2) is 9.02. The second-order valence-electron chi connectivity index (χ2n) is 10.6. The maximum atomic E-state index is 13.1. The number of nitrogens with one attached hydrogen (secondary N) is 1. The molecule has 1 saturated heterocycles. The summed E-state index contributed by atoms with van der Waals surface area (Å²) < 4.78 is 5.58. The van der Waals surface area contributed by atoms with Crippen LogP contribution in [0.15, 0.2) is 48.5 Å². The lowest BCUT2D eigenvalue weighted by atomic mass is 9.87. The van der Waals surface area contributed by atoms with E-state index in [2.05, 4.69) is 29.6 Å². The number of ether oxygens (including phenoxy) is 1. The molecule has 0 spiro atoms. The molecule has 2 N–H and O–H groups in total. The Bertz CT molecular complexity index is 1110. The van der Waals surface area contributed by atoms with E-state index < -0.39 is 17.5 Å². The Labute approximate surface area is 205 Å². The first-order valence-electron chi connectivity index (χ1n) is 12.4. The Morgan fingerprint density at radius 3 is 2.29 bits per heavy atom. The molecule has 0 aromatic heterocycles. The van der Waals surface area contributed by atoms with Crippen LogP contribution in [-0.4, -0.2) is 54.2 Å². The minimum atomic E-state index is -0.749. The summed E-state index contributed by atoms with van der Waals surface area (Å²) in [6, 6.07) is 16.4. The molecule has 2 aromatic rings. The van der Waals surface area contributed by atoms with Gasteiger partial charge in [-0.15, -0.1) is 0 Å². The first kappa shape index (κ1) is 23.4. The lowest BCUT2D eigenvalue weighted by Gasteiger charge is -2.34. The number of alkyl carbamates (subject to hydrolysis) is 1. The third-order valence-corrected chi connectivity index (χ3v) is 8.01. The van der Waals surface area contributed by atoms with Crippen LogP contribution in [-0.2, 0) is 14.3 Å². The van der Waals surface area contributed by atoms with Gasteiger partial charge in [0.25, 0.3) is 0 Å². The molecular weight excluding hydrogens is 444 g/mol. The maximum absolute atomic E-state index is 13.1. The van der Waals surface area contributed by atoms with Crippen molar-refractivity contribution in [3.05, 3.63) is 59.7 Å². The monoisotopic (exact) mass is 476 g/mol. The molecule has 7 heteroatoms. The predicted molar refractivity (Wildman–Crippen MR) is 131 cm³/mol. The van der Waals surface area contributed by atoms with Crippen molar-refractivity contribution < 1.29 is 24.2 Å². The molecule has 1 saturated carbocycles. The van der Waals surface area contributed by atoms with E-state index in [0.29, 0.717) is 26.1 Å². The molecule has 2 aromatic carbocycles. The first-order valence-corrected chi connectivity index (χ1v) is 12.4. The number of rotatable bonds is 7. The molecule has 2 amide bonds. The number of hydrogen-bond acceptors (Lipinski definition) is 4. The number of carbonyl (C=O) groups is 3. The Morgan fingerprint density at radius 2 is 1.66 bits per heavy atom. The van der Waals surface area contributed by atoms with E-state index in [1.54, 1.807) is 4.90 Å². The van der Waals surface area contributed by atoms with Crippen molar-refractivity contribution in [1.82, 2.24) is 10.2 Å². The third kappa shape index (κ3) is 4.40. The number of aliphatic carboxylic acids is 1. The number of hydrogen-bond donors (Lipinski definition) is 2. The highest BCUT2D eigenvalue weighted by Gasteiger charge is 2.57. The number of piperidine rings is 1. The summed E-state index contributed by atoms with van der Waals surface area (Å²) in [6.45, 7) is 5.46. The fourth-order valence-corrected chi connectivity index (χ4v) is 5.95. The van der Waals surface area contributed by atoms with Crippen molar-refractivity contribution in [2.75, 3.05) is 26.2 Å². The van der Waals surface area contributed by atoms with Crippen LogP contribution >= 0.6 is 0 Å². The van der Waals surface area contributed by atoms with Gasteiger partial charge >= 0.3 is 12.1 Å². The van der Waals surface area contributed by atoms with Gasteiger partial charge in [-0.1, -0.05) is 62.4 Å². The van der Waals surface area contributed by atoms with Gasteiger partial charge in [0.15, 0.2) is 0 Å². The maximum Gasteiger partial charge on any atom is 0.407 e. The van der Waals surface area contributed by atoms with Crippen LogP contribution in [0.5, 0.6) is 0 Å². The molecule has 1 unspecified atom stereocenters. The molecule has 2 fully saturated rings. The van der Waals surface area contributed by atoms with Crippen LogP contribution in [0.3, 0.4) is 0 Å². The molecule has 35 heavy (non-hydrogen) atoms. The molecule has 3 aliphatic rings. The van der Waals surface area contributed by atoms with Crippen molar-refractivity contribution in [2.45, 2.75) is 32.6 Å². The number of nitrogens with zero attached hydrogens (tertiary/aromatic N) is 1. The third-order valence-electron chi connectivity index (χ3n) is 8.01. The summed E-state index contributed by atoms with van der Waals surface area (Å²) in [5.41, 5.74) is 4.04. The van der Waals surface area contributed by atoms with Crippen LogP contribution in [0.2, 0.25) is 0 Å². The van der Waals surface area contributed by atoms with Gasteiger partial charge in [0.2, 0.25) is 5.91 Å². The van der Waals surface area contributed by atoms with Gasteiger partial charge in [0.05, 0.1) is 5.92 Å². The van der Waals surface area contributed by atoms with Gasteiger partial charge in [-0.2, -0.15) is 0 Å². The minimum absolute atomic E-state index is 0.00569. The summed E-state index contributed by atoms with van der Waals surface area (Å²) >= 11 is 0. The fourth-order valence-electron chi connectivity index (χ4n) is 5.95. The van der Waals surface area contributed by atoms with E-state index in [9.17, 15) is 19.5 Å². The zero-order chi connectivity index (χ0) is 24.7. The highest BCUT2D eigenvalue weighted by Crippen LogP contribution is 2.52. The SMILES string of the molecule is CC(C)(CCNC(=O)OCC1c2ccccc2-c2ccccc21)C(=O)N1CC[C@@H]2C(C(=O)O)[C@@H]2C1. The predicted octanol–water partition coefficient (Wildman–Crippen LogP) is 4.12. The number of fused-ring (bicyclic) bond motifs is 4. The molecule has 2 aliphatic carbocycles. The van der Waals surface area contributed by atoms with Gasteiger partial charge in [-0.25, -0.2) is 4.79 Å². The zero-order valence-corrected chi connectivity index (χ0v) is 20.2. The summed E-state index contributed by atoms with van der Waals surface area (Å²) in [5.74, 6) is -0.727. The molecule has 1 aliphatic heterocycles. The number of carboxylic acid groups (broad SMARTS) is 1. The van der Waals surface area contributed by atoms with E-state index in [1.807, 2.05) is 38.1 Å². The Morgan fingerprint density at radius 1 is 1.03 bits per heavy atom. The molecule has 7 nitrogen and oxygen atoms in total. The van der Waals surface area contributed by atoms with Crippen molar-refractivity contribution in [3.63, 3.8) is 0 Å². The summed E-state index contributed by atoms with van der Waals surface area (Å²) in [6.07, 6.45) is 0.739. The Kier molecular flexibility index (Phi) is 6.03. The standard InChI is InChI=1S/C28H32N2O5/c1-28(2,26(33)30-14-11-21-22(15-30)24(21)25(31)32)12-13-29-27(34)35-16-23-19-9-5-3-7-17(19)18-8-4-6-10-20(18)23/h3-10,21-24H,11-16H2,1-2H3,(H,29,34)(H,31,32)/t21-,22+,24?/m0/s1. The highest BCUT2D eigenvalue weighted by molar-refractivity contribution is 5.83. The van der Waals surface area contributed by atoms with Crippen molar-refractivity contribution in [2.24, 2.45) is 23.2 Å². The second-order valence-corrected chi connectivity index (χ2v) is 10.6. The molecule has 5 rings (SSSR count). The van der Waals surface area contributed by atoms with E-state index in [4.69, 9.17) is 4.74 Å². The van der Waals surface area contributed by atoms with E-state index >= 15 is 0 Å². The normalized spacial score (nSPS) is 22.6. The van der Waals surface area contributed by atoms with Crippen LogP contribution < -0.4 is 5.32 Å². The van der Waals surface area contributed by atoms with Crippen molar-refractivity contribution in [1.29, 1.82) is 0 Å². The topological polar surface area (TPSA) is 95.9 Å². The zero-order valence-electron chi connectivity index (χ0n) is 20.2. The molecular formula is C28H32N2O5. The number of carboxylic acids is 1. The molecule has 184 valence electrons. The van der Waals surface area contributed by atoms with Gasteiger partial charge in [0, 0.05) is 31.0 Å². The average molecular weight is 477 g/mol. The van der Waals surface area contributed by atoms with Gasteiger partial charge in [0.1, 0.15) is 6.61 Å². The van der Waals surface area contributed by atoms with E-state index in [-0.39, 0.29) is 36.2 Å². The van der Waals surface area contributed by atoms with Crippen LogP contribution in [0.25, 0.3) is 11.1 Å². The van der Waals surface area contributed by atoms with Gasteiger partial charge in [-0.05, 0) is 46.9 Å². The molecule has 0 bridgehead atoms. The fraction of sp³-hybridized carbons (Fsp3) is 0.464. The van der Waals surface area contributed by atoms with E-state index in [1.165, 1.54) is 11.1 Å². The smallest absolute Gasteiger partial charge is 0.407 e. The van der Waals surface area contributed by atoms with Crippen LogP contribution in [0.1, 0.15) is 43.7 Å². The number of carbonyl (C=O) groups excluding carboxylic acids is 2. The van der Waals surface area contributed by atoms with Crippen molar-refractivity contribution in [3.8, 4) is 11.1 Å². The lowest BCUT2D eigenvalue weighted by molar-refractivity contribution is -0.142. The summed E-state index contributed by atoms with van der Waals surface area (Å²) in [7, 11) is 0. The molecule has 1 heterocycles. The summed E-state index contributed by atoms with van der Waals surface area (Å²) in [5, 5.41) is 12.1. The van der Waals surface area contributed by atoms with Gasteiger partial charge in [-0.3, -0.25) is 9.59 Å². The largest absolute Gasteiger partial charge is 0.481 e. The number of amides is 2. The molecule has 0 radical (unpaired) electrons. The van der Waals surface area contributed by atoms with Crippen LogP contribution in [0.4, 0.5) is 4.79 Å². The minimum Gasteiger partial charge on any atom is -0.481 e. The van der Waals surface area contributed by atoms with Crippen molar-refractivity contribution >= 4 is 18.0 Å². The quantitative estimate of drug-likeness (QED) is 0.627. The Balaban J connectivity index is 1.10. The van der Waals surface area contributed by atoms with Gasteiger partial charge < -0.3 is 20.1 Å².